The molecule has 2 aromatic rings. The lowest BCUT2D eigenvalue weighted by molar-refractivity contribution is -0.117. The minimum Gasteiger partial charge on any atom is -0.441 e. The first-order chi connectivity index (χ1) is 9.34. The summed E-state index contributed by atoms with van der Waals surface area (Å²) in [7, 11) is -3.71. The summed E-state index contributed by atoms with van der Waals surface area (Å²) in [6, 6.07) is 5.13. The molecule has 1 amide bonds. The molecule has 2 N–H and O–H groups in total. The quantitative estimate of drug-likeness (QED) is 0.869. The van der Waals surface area contributed by atoms with Gasteiger partial charge in [-0.15, -0.1) is 0 Å². The van der Waals surface area contributed by atoms with Gasteiger partial charge in [-0.3, -0.25) is 4.79 Å². The molecule has 1 aromatic heterocycles. The van der Waals surface area contributed by atoms with Gasteiger partial charge in [0.2, 0.25) is 15.9 Å². The first-order valence-corrected chi connectivity index (χ1v) is 7.65. The summed E-state index contributed by atoms with van der Waals surface area (Å²) >= 11 is 0. The van der Waals surface area contributed by atoms with Crippen LogP contribution in [0.1, 0.15) is 12.3 Å². The number of nitrogens with two attached hydrogens (primary N) is 1. The first-order valence-electron chi connectivity index (χ1n) is 6.04. The fourth-order valence-corrected chi connectivity index (χ4v) is 3.07. The standard InChI is InChI=1S/C12H13N3O4S/c1-7-14-10-3-2-8(4-11(10)19-7)15-6-9(5-12(15)16)20(13,17)18/h2-4,9H,5-6H2,1H3,(H2,13,17,18). The van der Waals surface area contributed by atoms with Crippen molar-refractivity contribution in [3.8, 4) is 0 Å². The predicted octanol–water partition coefficient (Wildman–Crippen LogP) is 0.530. The maximum atomic E-state index is 11.9. The van der Waals surface area contributed by atoms with Crippen molar-refractivity contribution >= 4 is 32.7 Å². The number of carbonyl (C=O) groups excluding carboxylic acids is 1. The van der Waals surface area contributed by atoms with Gasteiger partial charge in [0.05, 0.1) is 0 Å². The van der Waals surface area contributed by atoms with Crippen molar-refractivity contribution in [3.63, 3.8) is 0 Å². The molecule has 0 saturated carbocycles. The van der Waals surface area contributed by atoms with Crippen molar-refractivity contribution in [2.45, 2.75) is 18.6 Å². The van der Waals surface area contributed by atoms with E-state index in [-0.39, 0.29) is 18.9 Å². The summed E-state index contributed by atoms with van der Waals surface area (Å²) in [6.07, 6.45) is -0.0910. The number of aryl methyl sites for hydroxylation is 1. The van der Waals surface area contributed by atoms with E-state index in [4.69, 9.17) is 9.56 Å². The number of nitrogens with zero attached hydrogens (tertiary/aromatic N) is 2. The molecule has 1 saturated heterocycles. The molecule has 0 aliphatic carbocycles. The Kier molecular flexibility index (Phi) is 2.80. The van der Waals surface area contributed by atoms with Crippen LogP contribution in [0.3, 0.4) is 0 Å². The van der Waals surface area contributed by atoms with E-state index in [1.807, 2.05) is 0 Å². The smallest absolute Gasteiger partial charge is 0.228 e. The minimum absolute atomic E-state index is 0.0658. The van der Waals surface area contributed by atoms with Gasteiger partial charge in [-0.25, -0.2) is 18.5 Å². The fraction of sp³-hybridized carbons (Fsp3) is 0.333. The zero-order valence-corrected chi connectivity index (χ0v) is 11.6. The molecule has 20 heavy (non-hydrogen) atoms. The third-order valence-electron chi connectivity index (χ3n) is 3.34. The second-order valence-corrected chi connectivity index (χ2v) is 6.65. The average molecular weight is 295 g/mol. The SMILES string of the molecule is Cc1nc2ccc(N3CC(S(N)(=O)=O)CC3=O)cc2o1. The average Bonchev–Trinajstić information content (AvgIpc) is 2.89. The van der Waals surface area contributed by atoms with Gasteiger partial charge in [-0.05, 0) is 12.1 Å². The number of hydrogen-bond acceptors (Lipinski definition) is 5. The molecule has 1 aliphatic heterocycles. The molecule has 8 heteroatoms. The number of fused-ring (bicyclic) bond motifs is 1. The number of aromatic nitrogens is 1. The van der Waals surface area contributed by atoms with E-state index in [2.05, 4.69) is 4.98 Å². The fourth-order valence-electron chi connectivity index (χ4n) is 2.34. The lowest BCUT2D eigenvalue weighted by Gasteiger charge is -2.15. The van der Waals surface area contributed by atoms with Crippen molar-refractivity contribution in [3.05, 3.63) is 24.1 Å². The van der Waals surface area contributed by atoms with Crippen LogP contribution in [0.4, 0.5) is 5.69 Å². The van der Waals surface area contributed by atoms with Gasteiger partial charge in [0.15, 0.2) is 11.5 Å². The third kappa shape index (κ3) is 2.16. The minimum atomic E-state index is -3.71. The molecular formula is C12H13N3O4S. The maximum Gasteiger partial charge on any atom is 0.228 e. The molecule has 7 nitrogen and oxygen atoms in total. The Morgan fingerprint density at radius 3 is 2.85 bits per heavy atom. The van der Waals surface area contributed by atoms with E-state index in [1.54, 1.807) is 25.1 Å². The van der Waals surface area contributed by atoms with Crippen molar-refractivity contribution in [2.24, 2.45) is 5.14 Å². The van der Waals surface area contributed by atoms with Crippen molar-refractivity contribution < 1.29 is 17.6 Å². The van der Waals surface area contributed by atoms with Gasteiger partial charge in [-0.1, -0.05) is 0 Å². The summed E-state index contributed by atoms with van der Waals surface area (Å²) in [5.74, 6) is 0.270. The molecule has 106 valence electrons. The Morgan fingerprint density at radius 1 is 1.45 bits per heavy atom. The Morgan fingerprint density at radius 2 is 2.20 bits per heavy atom. The van der Waals surface area contributed by atoms with Crippen LogP contribution >= 0.6 is 0 Å². The molecule has 1 fully saturated rings. The van der Waals surface area contributed by atoms with Gasteiger partial charge >= 0.3 is 0 Å². The van der Waals surface area contributed by atoms with Crippen molar-refractivity contribution in [1.29, 1.82) is 0 Å². The van der Waals surface area contributed by atoms with E-state index in [0.717, 1.165) is 0 Å². The highest BCUT2D eigenvalue weighted by Crippen LogP contribution is 2.27. The highest BCUT2D eigenvalue weighted by atomic mass is 32.2. The highest BCUT2D eigenvalue weighted by molar-refractivity contribution is 7.89. The van der Waals surface area contributed by atoms with Gasteiger partial charge in [0.1, 0.15) is 10.8 Å². The lowest BCUT2D eigenvalue weighted by Crippen LogP contribution is -2.32. The Labute approximate surface area is 115 Å². The van der Waals surface area contributed by atoms with E-state index >= 15 is 0 Å². The second-order valence-electron chi connectivity index (χ2n) is 4.80. The maximum absolute atomic E-state index is 11.9. The van der Waals surface area contributed by atoms with Crippen LogP contribution in [-0.4, -0.2) is 31.1 Å². The Bertz CT molecular complexity index is 796. The molecule has 1 aromatic carbocycles. The highest BCUT2D eigenvalue weighted by Gasteiger charge is 2.37. The van der Waals surface area contributed by atoms with Crippen LogP contribution in [-0.2, 0) is 14.8 Å². The van der Waals surface area contributed by atoms with Crippen LogP contribution in [0.5, 0.6) is 0 Å². The van der Waals surface area contributed by atoms with Crippen LogP contribution in [0, 0.1) is 6.92 Å². The first kappa shape index (κ1) is 13.1. The number of primary sulfonamides is 1. The molecular weight excluding hydrogens is 282 g/mol. The van der Waals surface area contributed by atoms with E-state index in [1.165, 1.54) is 4.90 Å². The largest absolute Gasteiger partial charge is 0.441 e. The number of carbonyl (C=O) groups is 1. The number of oxazole rings is 1. The number of sulfonamides is 1. The summed E-state index contributed by atoms with van der Waals surface area (Å²) in [6.45, 7) is 1.80. The number of amides is 1. The summed E-state index contributed by atoms with van der Waals surface area (Å²) < 4.78 is 28.1. The van der Waals surface area contributed by atoms with E-state index < -0.39 is 15.3 Å². The summed E-state index contributed by atoms with van der Waals surface area (Å²) in [5.41, 5.74) is 1.84. The topological polar surface area (TPSA) is 107 Å². The normalized spacial score (nSPS) is 20.0. The van der Waals surface area contributed by atoms with Gasteiger partial charge in [0.25, 0.3) is 0 Å². The molecule has 0 radical (unpaired) electrons. The van der Waals surface area contributed by atoms with Crippen LogP contribution in [0.25, 0.3) is 11.1 Å². The van der Waals surface area contributed by atoms with Crippen LogP contribution in [0.15, 0.2) is 22.6 Å². The van der Waals surface area contributed by atoms with Crippen LogP contribution in [0.2, 0.25) is 0 Å². The van der Waals surface area contributed by atoms with Crippen molar-refractivity contribution in [2.75, 3.05) is 11.4 Å². The third-order valence-corrected chi connectivity index (χ3v) is 4.59. The molecule has 0 bridgehead atoms. The van der Waals surface area contributed by atoms with Crippen LogP contribution < -0.4 is 10.0 Å². The molecule has 1 aliphatic rings. The lowest BCUT2D eigenvalue weighted by atomic mass is 10.2. The monoisotopic (exact) mass is 295 g/mol. The Balaban J connectivity index is 1.97. The number of rotatable bonds is 2. The van der Waals surface area contributed by atoms with Gasteiger partial charge in [0, 0.05) is 31.6 Å². The second kappa shape index (κ2) is 4.29. The van der Waals surface area contributed by atoms with Gasteiger partial charge < -0.3 is 9.32 Å². The van der Waals surface area contributed by atoms with E-state index in [9.17, 15) is 13.2 Å². The zero-order valence-electron chi connectivity index (χ0n) is 10.7. The molecule has 1 unspecified atom stereocenters. The zero-order chi connectivity index (χ0) is 14.5. The summed E-state index contributed by atoms with van der Waals surface area (Å²) in [4.78, 5) is 17.5. The number of anilines is 1. The predicted molar refractivity (Wildman–Crippen MR) is 72.6 cm³/mol. The molecule has 3 rings (SSSR count). The molecule has 1 atom stereocenters. The van der Waals surface area contributed by atoms with Crippen molar-refractivity contribution in [1.82, 2.24) is 4.98 Å². The van der Waals surface area contributed by atoms with Gasteiger partial charge in [-0.2, -0.15) is 0 Å². The Hall–Kier alpha value is -1.93. The van der Waals surface area contributed by atoms with E-state index in [0.29, 0.717) is 22.7 Å². The number of benzene rings is 1. The number of hydrogen-bond donors (Lipinski definition) is 1. The summed E-state index contributed by atoms with van der Waals surface area (Å²) in [5, 5.41) is 4.24. The molecule has 2 heterocycles. The molecule has 0 spiro atoms.